The fourth-order valence-electron chi connectivity index (χ4n) is 3.69. The first-order valence-electron chi connectivity index (χ1n) is 10.5. The third-order valence-corrected chi connectivity index (χ3v) is 5.39. The largest absolute Gasteiger partial charge is 0.366 e. The number of piperidine rings is 1. The fraction of sp³-hybridized carbons (Fsp3) is 0.391. The van der Waals surface area contributed by atoms with Gasteiger partial charge in [0.1, 0.15) is 5.69 Å². The normalized spacial score (nSPS) is 14.4. The van der Waals surface area contributed by atoms with Crippen LogP contribution in [-0.4, -0.2) is 36.4 Å². The van der Waals surface area contributed by atoms with Gasteiger partial charge in [0.15, 0.2) is 0 Å². The Kier molecular flexibility index (Phi) is 7.23. The molecule has 3 rings (SSSR count). The number of nitrogens with one attached hydrogen (secondary N) is 2. The predicted molar refractivity (Wildman–Crippen MR) is 120 cm³/mol. The molecule has 1 aliphatic rings. The molecule has 1 saturated heterocycles. The van der Waals surface area contributed by atoms with E-state index in [1.807, 2.05) is 18.7 Å². The average Bonchev–Trinajstić information content (AvgIpc) is 2.78. The standard InChI is InChI=1S/C23H28N4O4/c1-16(2)15-24-23(29)18-7-3-4-8-19(18)25-22(28)17-11-13-26(14-12-17)20-9-5-6-10-21(20)27(30)31/h3-10,16-17H,11-15H2,1-2H3,(H,24,29)(H,25,28). The number of carbonyl (C=O) groups excluding carboxylic acids is 2. The van der Waals surface area contributed by atoms with Gasteiger partial charge in [-0.1, -0.05) is 38.1 Å². The summed E-state index contributed by atoms with van der Waals surface area (Å²) in [5.74, 6) is -0.232. The van der Waals surface area contributed by atoms with Crippen LogP contribution in [-0.2, 0) is 4.79 Å². The maximum Gasteiger partial charge on any atom is 0.292 e. The topological polar surface area (TPSA) is 105 Å². The van der Waals surface area contributed by atoms with E-state index in [-0.39, 0.29) is 28.3 Å². The van der Waals surface area contributed by atoms with E-state index in [1.165, 1.54) is 6.07 Å². The van der Waals surface area contributed by atoms with Crippen LogP contribution in [0.1, 0.15) is 37.0 Å². The van der Waals surface area contributed by atoms with Gasteiger partial charge in [-0.05, 0) is 37.0 Å². The Morgan fingerprint density at radius 1 is 1.10 bits per heavy atom. The molecule has 0 bridgehead atoms. The lowest BCUT2D eigenvalue weighted by Gasteiger charge is -2.32. The van der Waals surface area contributed by atoms with Crippen molar-refractivity contribution < 1.29 is 14.5 Å². The van der Waals surface area contributed by atoms with E-state index >= 15 is 0 Å². The van der Waals surface area contributed by atoms with Crippen molar-refractivity contribution in [3.63, 3.8) is 0 Å². The van der Waals surface area contributed by atoms with Crippen LogP contribution < -0.4 is 15.5 Å². The Morgan fingerprint density at radius 2 is 1.74 bits per heavy atom. The molecule has 2 N–H and O–H groups in total. The zero-order valence-corrected chi connectivity index (χ0v) is 17.8. The smallest absolute Gasteiger partial charge is 0.292 e. The molecule has 164 valence electrons. The Hall–Kier alpha value is -3.42. The molecule has 0 atom stereocenters. The zero-order valence-electron chi connectivity index (χ0n) is 17.8. The summed E-state index contributed by atoms with van der Waals surface area (Å²) in [4.78, 5) is 38.2. The molecule has 0 radical (unpaired) electrons. The molecular formula is C23H28N4O4. The summed E-state index contributed by atoms with van der Waals surface area (Å²) in [7, 11) is 0. The molecule has 1 aliphatic heterocycles. The molecule has 2 amide bonds. The van der Waals surface area contributed by atoms with Crippen LogP contribution in [0.3, 0.4) is 0 Å². The van der Waals surface area contributed by atoms with E-state index in [2.05, 4.69) is 10.6 Å². The van der Waals surface area contributed by atoms with Gasteiger partial charge >= 0.3 is 0 Å². The lowest BCUT2D eigenvalue weighted by atomic mass is 9.95. The second-order valence-corrected chi connectivity index (χ2v) is 8.15. The fourth-order valence-corrected chi connectivity index (χ4v) is 3.69. The second kappa shape index (κ2) is 10.1. The first kappa shape index (κ1) is 22.3. The Morgan fingerprint density at radius 3 is 2.42 bits per heavy atom. The first-order valence-corrected chi connectivity index (χ1v) is 10.5. The lowest BCUT2D eigenvalue weighted by Crippen LogP contribution is -2.38. The van der Waals surface area contributed by atoms with E-state index in [1.54, 1.807) is 42.5 Å². The third-order valence-electron chi connectivity index (χ3n) is 5.39. The van der Waals surface area contributed by atoms with Crippen LogP contribution in [0.25, 0.3) is 0 Å². The lowest BCUT2D eigenvalue weighted by molar-refractivity contribution is -0.384. The predicted octanol–water partition coefficient (Wildman–Crippen LogP) is 3.84. The summed E-state index contributed by atoms with van der Waals surface area (Å²) >= 11 is 0. The van der Waals surface area contributed by atoms with E-state index < -0.39 is 0 Å². The molecule has 0 aromatic heterocycles. The molecule has 8 nitrogen and oxygen atoms in total. The van der Waals surface area contributed by atoms with Crippen LogP contribution in [0, 0.1) is 22.0 Å². The molecular weight excluding hydrogens is 396 g/mol. The van der Waals surface area contributed by atoms with Gasteiger partial charge in [0.2, 0.25) is 5.91 Å². The Labute approximate surface area is 181 Å². The summed E-state index contributed by atoms with van der Waals surface area (Å²) in [6.45, 7) is 5.71. The maximum atomic E-state index is 12.9. The van der Waals surface area contributed by atoms with Gasteiger partial charge in [-0.2, -0.15) is 0 Å². The number of amides is 2. The highest BCUT2D eigenvalue weighted by Gasteiger charge is 2.28. The van der Waals surface area contributed by atoms with E-state index in [0.717, 1.165) is 0 Å². The van der Waals surface area contributed by atoms with Crippen LogP contribution in [0.5, 0.6) is 0 Å². The van der Waals surface area contributed by atoms with Gasteiger partial charge in [0.05, 0.1) is 16.2 Å². The molecule has 31 heavy (non-hydrogen) atoms. The van der Waals surface area contributed by atoms with Crippen molar-refractivity contribution in [1.29, 1.82) is 0 Å². The molecule has 2 aromatic carbocycles. The van der Waals surface area contributed by atoms with Crippen molar-refractivity contribution in [2.75, 3.05) is 29.9 Å². The third kappa shape index (κ3) is 5.59. The highest BCUT2D eigenvalue weighted by Crippen LogP contribution is 2.31. The van der Waals surface area contributed by atoms with Gasteiger partial charge in [0, 0.05) is 31.6 Å². The van der Waals surface area contributed by atoms with E-state index in [4.69, 9.17) is 0 Å². The van der Waals surface area contributed by atoms with Crippen molar-refractivity contribution in [1.82, 2.24) is 5.32 Å². The first-order chi connectivity index (χ1) is 14.9. The van der Waals surface area contributed by atoms with Gasteiger partial charge in [0.25, 0.3) is 11.6 Å². The highest BCUT2D eigenvalue weighted by molar-refractivity contribution is 6.04. The van der Waals surface area contributed by atoms with Crippen molar-refractivity contribution in [3.8, 4) is 0 Å². The summed E-state index contributed by atoms with van der Waals surface area (Å²) in [5.41, 5.74) is 1.59. The Bertz CT molecular complexity index is 952. The molecule has 0 aliphatic carbocycles. The molecule has 2 aromatic rings. The number of anilines is 2. The molecule has 0 spiro atoms. The number of hydrogen-bond donors (Lipinski definition) is 2. The Balaban J connectivity index is 1.63. The maximum absolute atomic E-state index is 12.9. The summed E-state index contributed by atoms with van der Waals surface area (Å²) in [6, 6.07) is 13.6. The SMILES string of the molecule is CC(C)CNC(=O)c1ccccc1NC(=O)C1CCN(c2ccccc2[N+](=O)[O-])CC1. The van der Waals surface area contributed by atoms with Crippen LogP contribution in [0.15, 0.2) is 48.5 Å². The van der Waals surface area contributed by atoms with Gasteiger partial charge < -0.3 is 15.5 Å². The van der Waals surface area contributed by atoms with Crippen LogP contribution >= 0.6 is 0 Å². The summed E-state index contributed by atoms with van der Waals surface area (Å²) in [5, 5.41) is 17.1. The summed E-state index contributed by atoms with van der Waals surface area (Å²) < 4.78 is 0. The van der Waals surface area contributed by atoms with Crippen molar-refractivity contribution in [2.24, 2.45) is 11.8 Å². The minimum Gasteiger partial charge on any atom is -0.366 e. The number of nitro groups is 1. The van der Waals surface area contributed by atoms with E-state index in [0.29, 0.717) is 55.3 Å². The zero-order chi connectivity index (χ0) is 22.4. The minimum atomic E-state index is -0.380. The number of nitrogens with zero attached hydrogens (tertiary/aromatic N) is 2. The molecule has 1 heterocycles. The van der Waals surface area contributed by atoms with Crippen molar-refractivity contribution >= 4 is 28.9 Å². The number of carbonyl (C=O) groups is 2. The van der Waals surface area contributed by atoms with Crippen LogP contribution in [0.4, 0.5) is 17.1 Å². The minimum absolute atomic E-state index is 0.0757. The second-order valence-electron chi connectivity index (χ2n) is 8.15. The van der Waals surface area contributed by atoms with Gasteiger partial charge in [-0.25, -0.2) is 0 Å². The molecule has 0 unspecified atom stereocenters. The average molecular weight is 425 g/mol. The number of para-hydroxylation sites is 3. The number of benzene rings is 2. The quantitative estimate of drug-likeness (QED) is 0.519. The molecule has 0 saturated carbocycles. The summed E-state index contributed by atoms with van der Waals surface area (Å²) in [6.07, 6.45) is 1.17. The number of hydrogen-bond acceptors (Lipinski definition) is 5. The van der Waals surface area contributed by atoms with Crippen molar-refractivity contribution in [3.05, 3.63) is 64.2 Å². The van der Waals surface area contributed by atoms with Gasteiger partial charge in [-0.3, -0.25) is 19.7 Å². The number of nitro benzene ring substituents is 1. The number of rotatable bonds is 7. The van der Waals surface area contributed by atoms with E-state index in [9.17, 15) is 19.7 Å². The van der Waals surface area contributed by atoms with Gasteiger partial charge in [-0.15, -0.1) is 0 Å². The molecule has 8 heteroatoms. The monoisotopic (exact) mass is 424 g/mol. The van der Waals surface area contributed by atoms with Crippen molar-refractivity contribution in [2.45, 2.75) is 26.7 Å². The highest BCUT2D eigenvalue weighted by atomic mass is 16.6. The van der Waals surface area contributed by atoms with Crippen LogP contribution in [0.2, 0.25) is 0 Å². The molecule has 1 fully saturated rings.